The first kappa shape index (κ1) is 10.9. The van der Waals surface area contributed by atoms with Gasteiger partial charge in [0.25, 0.3) is 5.91 Å². The molecule has 7 nitrogen and oxygen atoms in total. The highest BCUT2D eigenvalue weighted by Gasteiger charge is 2.28. The van der Waals surface area contributed by atoms with E-state index in [9.17, 15) is 4.79 Å². The van der Waals surface area contributed by atoms with Gasteiger partial charge in [-0.2, -0.15) is 0 Å². The molecule has 0 aromatic carbocycles. The van der Waals surface area contributed by atoms with E-state index >= 15 is 0 Å². The van der Waals surface area contributed by atoms with E-state index in [4.69, 9.17) is 22.7 Å². The normalized spacial score (nSPS) is 18.9. The number of nitrogens with zero attached hydrogens (tertiary/aromatic N) is 2. The van der Waals surface area contributed by atoms with E-state index in [1.54, 1.807) is 23.3 Å². The van der Waals surface area contributed by atoms with Crippen molar-refractivity contribution in [3.63, 3.8) is 0 Å². The Bertz CT molecular complexity index is 405. The number of thiocarbonyl (C=S) groups is 1. The Morgan fingerprint density at radius 1 is 1.69 bits per heavy atom. The average Bonchev–Trinajstić information content (AvgIpc) is 2.61. The predicted octanol–water partition coefficient (Wildman–Crippen LogP) is -1.27. The molecule has 0 spiro atoms. The maximum atomic E-state index is 11.0. The molecule has 0 aromatic rings. The van der Waals surface area contributed by atoms with Gasteiger partial charge in [-0.05, 0) is 0 Å². The summed E-state index contributed by atoms with van der Waals surface area (Å²) in [5.41, 5.74) is 8.40. The van der Waals surface area contributed by atoms with Gasteiger partial charge in [-0.15, -0.1) is 5.53 Å². The molecule has 0 atom stereocenters. The van der Waals surface area contributed by atoms with Crippen molar-refractivity contribution in [1.82, 2.24) is 20.9 Å². The Morgan fingerprint density at radius 2 is 2.44 bits per heavy atom. The summed E-state index contributed by atoms with van der Waals surface area (Å²) in [7, 11) is 1.58. The predicted molar refractivity (Wildman–Crippen MR) is 59.8 cm³/mol. The maximum absolute atomic E-state index is 11.0. The molecule has 0 aromatic heterocycles. The van der Waals surface area contributed by atoms with Gasteiger partial charge in [-0.3, -0.25) is 9.80 Å². The van der Waals surface area contributed by atoms with Gasteiger partial charge in [0.05, 0.1) is 6.20 Å². The Balaban J connectivity index is 2.18. The summed E-state index contributed by atoms with van der Waals surface area (Å²) in [5.74, 6) is 0.0893. The third kappa shape index (κ3) is 1.85. The van der Waals surface area contributed by atoms with Crippen LogP contribution in [0.3, 0.4) is 0 Å². The molecule has 0 unspecified atom stereocenters. The van der Waals surface area contributed by atoms with Crippen molar-refractivity contribution in [2.45, 2.75) is 0 Å². The Labute approximate surface area is 97.4 Å². The maximum Gasteiger partial charge on any atom is 0.265 e. The number of nitrogens with two attached hydrogens (primary N) is 1. The summed E-state index contributed by atoms with van der Waals surface area (Å²) in [6, 6.07) is 0. The molecule has 1 amide bonds. The van der Waals surface area contributed by atoms with E-state index < -0.39 is 5.91 Å². The summed E-state index contributed by atoms with van der Waals surface area (Å²) in [4.78, 5) is 11.5. The van der Waals surface area contributed by atoms with Gasteiger partial charge in [-0.1, -0.05) is 12.2 Å². The molecule has 16 heavy (non-hydrogen) atoms. The van der Waals surface area contributed by atoms with Crippen LogP contribution in [0.15, 0.2) is 23.8 Å². The van der Waals surface area contributed by atoms with E-state index in [1.165, 1.54) is 6.08 Å². The van der Waals surface area contributed by atoms with Crippen LogP contribution >= 0.6 is 12.2 Å². The fraction of sp³-hybridized carbons (Fsp3) is 0.250. The molecule has 2 aliphatic heterocycles. The van der Waals surface area contributed by atoms with Crippen molar-refractivity contribution in [1.29, 1.82) is 0 Å². The minimum Gasteiger partial charge on any atom is -0.364 e. The number of hydrogen-bond donors (Lipinski definition) is 3. The van der Waals surface area contributed by atoms with Crippen LogP contribution in [0.25, 0.3) is 0 Å². The van der Waals surface area contributed by atoms with Gasteiger partial charge in [0.1, 0.15) is 23.2 Å². The largest absolute Gasteiger partial charge is 0.364 e. The van der Waals surface area contributed by atoms with Crippen LogP contribution in [-0.2, 0) is 9.53 Å². The lowest BCUT2D eigenvalue weighted by molar-refractivity contribution is -0.114. The molecule has 2 rings (SSSR count). The number of nitrogens with one attached hydrogen (secondary N) is 2. The fourth-order valence-electron chi connectivity index (χ4n) is 1.37. The molecule has 0 fully saturated rings. The smallest absolute Gasteiger partial charge is 0.265 e. The number of carbonyl (C=O) groups is 1. The average molecular weight is 241 g/mol. The Hall–Kier alpha value is -1.64. The van der Waals surface area contributed by atoms with Gasteiger partial charge in [0.2, 0.25) is 0 Å². The molecule has 0 saturated heterocycles. The van der Waals surface area contributed by atoms with Crippen molar-refractivity contribution in [3.8, 4) is 0 Å². The van der Waals surface area contributed by atoms with Gasteiger partial charge in [-0.25, -0.2) is 5.01 Å². The van der Waals surface area contributed by atoms with Gasteiger partial charge in [0, 0.05) is 13.2 Å². The molecule has 2 aliphatic rings. The Kier molecular flexibility index (Phi) is 2.77. The molecule has 0 saturated carbocycles. The van der Waals surface area contributed by atoms with Crippen LogP contribution in [0.5, 0.6) is 0 Å². The van der Waals surface area contributed by atoms with Crippen LogP contribution in [0.4, 0.5) is 0 Å². The van der Waals surface area contributed by atoms with E-state index in [-0.39, 0.29) is 5.70 Å². The van der Waals surface area contributed by atoms with Crippen LogP contribution < -0.4 is 16.6 Å². The van der Waals surface area contributed by atoms with Gasteiger partial charge >= 0.3 is 0 Å². The summed E-state index contributed by atoms with van der Waals surface area (Å²) in [6.07, 6.45) is 3.23. The highest BCUT2D eigenvalue weighted by molar-refractivity contribution is 7.80. The molecule has 0 radical (unpaired) electrons. The van der Waals surface area contributed by atoms with Gasteiger partial charge in [0.15, 0.2) is 0 Å². The molecular weight excluding hydrogens is 230 g/mol. The monoisotopic (exact) mass is 241 g/mol. The minimum absolute atomic E-state index is 0.272. The molecule has 0 aliphatic carbocycles. The Morgan fingerprint density at radius 3 is 3.06 bits per heavy atom. The molecular formula is C8H11N5O2S. The lowest BCUT2D eigenvalue weighted by Gasteiger charge is -2.27. The molecule has 4 N–H and O–H groups in total. The quantitative estimate of drug-likeness (QED) is 0.531. The summed E-state index contributed by atoms with van der Waals surface area (Å²) in [6.45, 7) is 0.357. The zero-order chi connectivity index (χ0) is 11.7. The van der Waals surface area contributed by atoms with Crippen molar-refractivity contribution in [3.05, 3.63) is 23.8 Å². The van der Waals surface area contributed by atoms with E-state index in [0.29, 0.717) is 17.5 Å². The standard InChI is InChI=1S/C8H11N5O2S/c1-15-4-12-3-6-10-5(8(9)14)2-7(16)13(6)11-12/h2-3,10-11H,4H2,1H3,(H2,9,14). The summed E-state index contributed by atoms with van der Waals surface area (Å²) in [5, 5.41) is 6.14. The third-order valence-electron chi connectivity index (χ3n) is 2.03. The number of rotatable bonds is 3. The van der Waals surface area contributed by atoms with E-state index in [1.807, 2.05) is 0 Å². The number of primary amides is 1. The third-order valence-corrected chi connectivity index (χ3v) is 2.33. The highest BCUT2D eigenvalue weighted by atomic mass is 32.1. The first-order valence-corrected chi connectivity index (χ1v) is 4.89. The van der Waals surface area contributed by atoms with Crippen molar-refractivity contribution >= 4 is 23.1 Å². The summed E-state index contributed by atoms with van der Waals surface area (Å²) < 4.78 is 4.95. The lowest BCUT2D eigenvalue weighted by Crippen LogP contribution is -2.48. The fourth-order valence-corrected chi connectivity index (χ4v) is 1.63. The van der Waals surface area contributed by atoms with Crippen LogP contribution in [0, 0.1) is 0 Å². The van der Waals surface area contributed by atoms with Gasteiger partial charge < -0.3 is 15.8 Å². The number of ether oxygens (including phenoxy) is 1. The van der Waals surface area contributed by atoms with E-state index in [0.717, 1.165) is 0 Å². The molecule has 2 heterocycles. The minimum atomic E-state index is -0.548. The number of hydrogen-bond acceptors (Lipinski definition) is 6. The summed E-state index contributed by atoms with van der Waals surface area (Å²) >= 11 is 5.11. The first-order chi connectivity index (χ1) is 7.61. The topological polar surface area (TPSA) is 82.9 Å². The SMILES string of the molecule is COCN1C=C2NC(C(N)=O)=CC(=S)N2N1. The second-order valence-corrected chi connectivity index (χ2v) is 3.64. The van der Waals surface area contributed by atoms with E-state index in [2.05, 4.69) is 10.9 Å². The van der Waals surface area contributed by atoms with Crippen molar-refractivity contribution in [2.75, 3.05) is 13.8 Å². The molecule has 86 valence electrons. The number of carbonyl (C=O) groups excluding carboxylic acids is 1. The number of fused-ring (bicyclic) bond motifs is 1. The number of hydrazine groups is 2. The second kappa shape index (κ2) is 4.08. The highest BCUT2D eigenvalue weighted by Crippen LogP contribution is 2.16. The van der Waals surface area contributed by atoms with Crippen LogP contribution in [-0.4, -0.2) is 34.8 Å². The number of methoxy groups -OCH3 is 1. The van der Waals surface area contributed by atoms with Crippen molar-refractivity contribution in [2.24, 2.45) is 5.73 Å². The van der Waals surface area contributed by atoms with Crippen LogP contribution in [0.2, 0.25) is 0 Å². The lowest BCUT2D eigenvalue weighted by atomic mass is 10.3. The molecule has 8 heteroatoms. The zero-order valence-electron chi connectivity index (χ0n) is 8.56. The zero-order valence-corrected chi connectivity index (χ0v) is 9.37. The number of amides is 1. The van der Waals surface area contributed by atoms with Crippen LogP contribution in [0.1, 0.15) is 0 Å². The molecule has 0 bridgehead atoms. The first-order valence-electron chi connectivity index (χ1n) is 4.48. The second-order valence-electron chi connectivity index (χ2n) is 3.22. The van der Waals surface area contributed by atoms with Crippen molar-refractivity contribution < 1.29 is 9.53 Å².